The van der Waals surface area contributed by atoms with Gasteiger partial charge in [0.2, 0.25) is 23.4 Å². The van der Waals surface area contributed by atoms with Crippen LogP contribution in [0, 0.1) is 17.8 Å². The Labute approximate surface area is 164 Å². The molecule has 2 aliphatic carbocycles. The van der Waals surface area contributed by atoms with Gasteiger partial charge in [-0.15, -0.1) is 0 Å². The van der Waals surface area contributed by atoms with Crippen LogP contribution in [-0.2, 0) is 11.2 Å². The lowest BCUT2D eigenvalue weighted by atomic mass is 9.83. The molecule has 28 heavy (non-hydrogen) atoms. The van der Waals surface area contributed by atoms with E-state index in [2.05, 4.69) is 25.0 Å². The van der Waals surface area contributed by atoms with Crippen molar-refractivity contribution in [3.05, 3.63) is 24.4 Å². The third-order valence-corrected chi connectivity index (χ3v) is 6.94. The van der Waals surface area contributed by atoms with Crippen LogP contribution >= 0.6 is 0 Å². The fraction of sp³-hybridized carbons (Fsp3) is 0.667. The average molecular weight is 381 g/mol. The second-order valence-electron chi connectivity index (χ2n) is 8.64. The first-order chi connectivity index (χ1) is 13.8. The molecule has 0 aromatic carbocycles. The Hall–Kier alpha value is -2.31. The topological polar surface area (TPSA) is 85.0 Å². The molecule has 2 saturated carbocycles. The normalized spacial score (nSPS) is 28.9. The highest BCUT2D eigenvalue weighted by molar-refractivity contribution is 5.77. The second-order valence-corrected chi connectivity index (χ2v) is 8.64. The Kier molecular flexibility index (Phi) is 4.82. The van der Waals surface area contributed by atoms with Crippen molar-refractivity contribution in [3.63, 3.8) is 0 Å². The van der Waals surface area contributed by atoms with Crippen LogP contribution in [0.15, 0.2) is 23.0 Å². The maximum atomic E-state index is 12.9. The molecular weight excluding hydrogens is 354 g/mol. The SMILES string of the molecule is O=C(CCc1nc(-c2ncccn2)no1)N1CCCC1CC1CC2CCC1C2. The van der Waals surface area contributed by atoms with E-state index in [0.717, 1.165) is 37.1 Å². The minimum absolute atomic E-state index is 0.223. The predicted octanol–water partition coefficient (Wildman–Crippen LogP) is 3.28. The van der Waals surface area contributed by atoms with Crippen LogP contribution < -0.4 is 0 Å². The molecule has 3 heterocycles. The lowest BCUT2D eigenvalue weighted by Gasteiger charge is -2.30. The molecular formula is C21H27N5O2. The number of carbonyl (C=O) groups excluding carboxylic acids is 1. The van der Waals surface area contributed by atoms with Gasteiger partial charge in [0, 0.05) is 37.8 Å². The predicted molar refractivity (Wildman–Crippen MR) is 102 cm³/mol. The molecule has 148 valence electrons. The van der Waals surface area contributed by atoms with Gasteiger partial charge in [-0.2, -0.15) is 4.98 Å². The molecule has 0 radical (unpaired) electrons. The van der Waals surface area contributed by atoms with E-state index in [1.807, 2.05) is 0 Å². The van der Waals surface area contributed by atoms with Crippen molar-refractivity contribution in [2.24, 2.45) is 17.8 Å². The van der Waals surface area contributed by atoms with E-state index < -0.39 is 0 Å². The number of likely N-dealkylation sites (tertiary alicyclic amines) is 1. The van der Waals surface area contributed by atoms with E-state index in [9.17, 15) is 4.79 Å². The molecule has 3 aliphatic rings. The van der Waals surface area contributed by atoms with Gasteiger partial charge in [-0.25, -0.2) is 9.97 Å². The summed E-state index contributed by atoms with van der Waals surface area (Å²) in [6, 6.07) is 2.18. The van der Waals surface area contributed by atoms with E-state index >= 15 is 0 Å². The van der Waals surface area contributed by atoms with E-state index in [1.165, 1.54) is 32.1 Å². The molecule has 2 aromatic rings. The van der Waals surface area contributed by atoms with E-state index in [0.29, 0.717) is 36.4 Å². The fourth-order valence-electron chi connectivity index (χ4n) is 5.64. The smallest absolute Gasteiger partial charge is 0.240 e. The number of amides is 1. The number of fused-ring (bicyclic) bond motifs is 2. The molecule has 1 aliphatic heterocycles. The molecule has 0 spiro atoms. The van der Waals surface area contributed by atoms with Crippen molar-refractivity contribution < 1.29 is 9.32 Å². The lowest BCUT2D eigenvalue weighted by Crippen LogP contribution is -2.37. The highest BCUT2D eigenvalue weighted by atomic mass is 16.5. The number of rotatable bonds is 6. The molecule has 5 rings (SSSR count). The molecule has 0 N–H and O–H groups in total. The summed E-state index contributed by atoms with van der Waals surface area (Å²) in [5.74, 6) is 4.26. The van der Waals surface area contributed by atoms with Gasteiger partial charge in [0.15, 0.2) is 0 Å². The quantitative estimate of drug-likeness (QED) is 0.763. The number of aryl methyl sites for hydroxylation is 1. The minimum atomic E-state index is 0.223. The Balaban J connectivity index is 1.16. The first kappa shape index (κ1) is 17.8. The van der Waals surface area contributed by atoms with Gasteiger partial charge < -0.3 is 9.42 Å². The molecule has 7 nitrogen and oxygen atoms in total. The van der Waals surface area contributed by atoms with Crippen LogP contribution in [0.4, 0.5) is 0 Å². The Morgan fingerprint density at radius 1 is 1.14 bits per heavy atom. The maximum Gasteiger partial charge on any atom is 0.240 e. The fourth-order valence-corrected chi connectivity index (χ4v) is 5.64. The van der Waals surface area contributed by atoms with Gasteiger partial charge in [-0.1, -0.05) is 11.6 Å². The van der Waals surface area contributed by atoms with Crippen molar-refractivity contribution in [1.82, 2.24) is 25.0 Å². The standard InChI is InChI=1S/C21H27N5O2/c27-19(7-6-18-24-21(25-28-18)20-22-8-2-9-23-20)26-10-1-3-17(26)13-16-12-14-4-5-15(16)11-14/h2,8-9,14-17H,1,3-7,10-13H2. The summed E-state index contributed by atoms with van der Waals surface area (Å²) in [4.78, 5) is 27.6. The Morgan fingerprint density at radius 3 is 2.82 bits per heavy atom. The summed E-state index contributed by atoms with van der Waals surface area (Å²) in [6.07, 6.45) is 13.4. The van der Waals surface area contributed by atoms with Crippen molar-refractivity contribution in [2.75, 3.05) is 6.54 Å². The maximum absolute atomic E-state index is 12.9. The monoisotopic (exact) mass is 381 g/mol. The van der Waals surface area contributed by atoms with Gasteiger partial charge in [0.25, 0.3) is 0 Å². The molecule has 2 bridgehead atoms. The third-order valence-electron chi connectivity index (χ3n) is 6.94. The van der Waals surface area contributed by atoms with Crippen LogP contribution in [0.1, 0.15) is 57.3 Å². The zero-order valence-electron chi connectivity index (χ0n) is 16.2. The summed E-state index contributed by atoms with van der Waals surface area (Å²) in [5, 5.41) is 3.93. The zero-order chi connectivity index (χ0) is 18.9. The van der Waals surface area contributed by atoms with Crippen molar-refractivity contribution in [3.8, 4) is 11.6 Å². The van der Waals surface area contributed by atoms with Gasteiger partial charge in [0.1, 0.15) is 0 Å². The lowest BCUT2D eigenvalue weighted by molar-refractivity contribution is -0.132. The first-order valence-corrected chi connectivity index (χ1v) is 10.7. The largest absolute Gasteiger partial charge is 0.340 e. The van der Waals surface area contributed by atoms with E-state index in [4.69, 9.17) is 4.52 Å². The number of hydrogen-bond donors (Lipinski definition) is 0. The van der Waals surface area contributed by atoms with Crippen LogP contribution in [-0.4, -0.2) is 43.5 Å². The van der Waals surface area contributed by atoms with Crippen LogP contribution in [0.2, 0.25) is 0 Å². The van der Waals surface area contributed by atoms with E-state index in [1.54, 1.807) is 18.5 Å². The van der Waals surface area contributed by atoms with Gasteiger partial charge in [-0.3, -0.25) is 4.79 Å². The van der Waals surface area contributed by atoms with Gasteiger partial charge in [-0.05, 0) is 62.3 Å². The molecule has 1 amide bonds. The number of carbonyl (C=O) groups is 1. The highest BCUT2D eigenvalue weighted by Crippen LogP contribution is 2.50. The number of hydrogen-bond acceptors (Lipinski definition) is 6. The minimum Gasteiger partial charge on any atom is -0.340 e. The summed E-state index contributed by atoms with van der Waals surface area (Å²) in [6.45, 7) is 0.900. The summed E-state index contributed by atoms with van der Waals surface area (Å²) in [7, 11) is 0. The number of nitrogens with zero attached hydrogens (tertiary/aromatic N) is 5. The molecule has 2 aromatic heterocycles. The Bertz CT molecular complexity index is 823. The summed E-state index contributed by atoms with van der Waals surface area (Å²) in [5.41, 5.74) is 0. The second kappa shape index (κ2) is 7.60. The molecule has 7 heteroatoms. The Morgan fingerprint density at radius 2 is 2.04 bits per heavy atom. The van der Waals surface area contributed by atoms with Gasteiger partial charge >= 0.3 is 0 Å². The first-order valence-electron chi connectivity index (χ1n) is 10.7. The average Bonchev–Trinajstić information content (AvgIpc) is 3.51. The number of aromatic nitrogens is 4. The summed E-state index contributed by atoms with van der Waals surface area (Å²) >= 11 is 0. The summed E-state index contributed by atoms with van der Waals surface area (Å²) < 4.78 is 5.29. The highest BCUT2D eigenvalue weighted by Gasteiger charge is 2.42. The van der Waals surface area contributed by atoms with Crippen LogP contribution in [0.3, 0.4) is 0 Å². The van der Waals surface area contributed by atoms with Crippen LogP contribution in [0.25, 0.3) is 11.6 Å². The molecule has 4 unspecified atom stereocenters. The van der Waals surface area contributed by atoms with Gasteiger partial charge in [0.05, 0.1) is 0 Å². The van der Waals surface area contributed by atoms with Crippen molar-refractivity contribution >= 4 is 5.91 Å². The molecule has 4 atom stereocenters. The zero-order valence-corrected chi connectivity index (χ0v) is 16.2. The van der Waals surface area contributed by atoms with Crippen molar-refractivity contribution in [1.29, 1.82) is 0 Å². The van der Waals surface area contributed by atoms with Crippen molar-refractivity contribution in [2.45, 2.75) is 63.8 Å². The van der Waals surface area contributed by atoms with Crippen LogP contribution in [0.5, 0.6) is 0 Å². The molecule has 3 fully saturated rings. The van der Waals surface area contributed by atoms with E-state index in [-0.39, 0.29) is 5.91 Å². The molecule has 1 saturated heterocycles. The third kappa shape index (κ3) is 3.54.